The minimum absolute atomic E-state index is 0.0724. The van der Waals surface area contributed by atoms with Crippen molar-refractivity contribution in [2.24, 2.45) is 0 Å². The number of hydrogen-bond acceptors (Lipinski definition) is 4. The Morgan fingerprint density at radius 3 is 2.82 bits per heavy atom. The maximum Gasteiger partial charge on any atom is 0.315 e. The van der Waals surface area contributed by atoms with E-state index in [0.717, 1.165) is 22.8 Å². The summed E-state index contributed by atoms with van der Waals surface area (Å²) in [6, 6.07) is 2.37. The SMILES string of the molecule is Cc1nc(CNC(=O)NCC(O)c2ccc(F)cc2F)cs1. The monoisotopic (exact) mass is 327 g/mol. The average Bonchev–Trinajstić information content (AvgIpc) is 2.88. The normalized spacial score (nSPS) is 12.0. The number of aromatic nitrogens is 1. The summed E-state index contributed by atoms with van der Waals surface area (Å²) >= 11 is 1.48. The number of aliphatic hydroxyl groups excluding tert-OH is 1. The average molecular weight is 327 g/mol. The van der Waals surface area contributed by atoms with Crippen LogP contribution in [0.1, 0.15) is 22.4 Å². The topological polar surface area (TPSA) is 74.2 Å². The van der Waals surface area contributed by atoms with Crippen molar-refractivity contribution in [3.8, 4) is 0 Å². The highest BCUT2D eigenvalue weighted by atomic mass is 32.1. The summed E-state index contributed by atoms with van der Waals surface area (Å²) in [5.41, 5.74) is 0.666. The highest BCUT2D eigenvalue weighted by Crippen LogP contribution is 2.17. The second-order valence-corrected chi connectivity index (χ2v) is 5.67. The lowest BCUT2D eigenvalue weighted by Gasteiger charge is -2.13. The van der Waals surface area contributed by atoms with Crippen LogP contribution in [-0.4, -0.2) is 22.7 Å². The van der Waals surface area contributed by atoms with E-state index in [1.807, 2.05) is 12.3 Å². The number of urea groups is 1. The smallest absolute Gasteiger partial charge is 0.315 e. The molecule has 8 heteroatoms. The van der Waals surface area contributed by atoms with Gasteiger partial charge in [0.2, 0.25) is 0 Å². The van der Waals surface area contributed by atoms with Crippen molar-refractivity contribution >= 4 is 17.4 Å². The van der Waals surface area contributed by atoms with Gasteiger partial charge in [0.1, 0.15) is 11.6 Å². The minimum atomic E-state index is -1.26. The number of benzene rings is 1. The van der Waals surface area contributed by atoms with Gasteiger partial charge in [0, 0.05) is 23.6 Å². The van der Waals surface area contributed by atoms with Gasteiger partial charge in [-0.2, -0.15) is 0 Å². The molecule has 2 amide bonds. The number of aliphatic hydroxyl groups is 1. The fourth-order valence-corrected chi connectivity index (χ4v) is 2.41. The number of amides is 2. The Labute approximate surface area is 130 Å². The Hall–Kier alpha value is -2.06. The quantitative estimate of drug-likeness (QED) is 0.789. The van der Waals surface area contributed by atoms with Gasteiger partial charge in [0.25, 0.3) is 0 Å². The first-order valence-electron chi connectivity index (χ1n) is 6.51. The second kappa shape index (κ2) is 7.28. The van der Waals surface area contributed by atoms with Crippen molar-refractivity contribution in [2.45, 2.75) is 19.6 Å². The Kier molecular flexibility index (Phi) is 5.40. The first kappa shape index (κ1) is 16.3. The van der Waals surface area contributed by atoms with Crippen molar-refractivity contribution in [3.05, 3.63) is 51.5 Å². The molecule has 22 heavy (non-hydrogen) atoms. The number of nitrogens with zero attached hydrogens (tertiary/aromatic N) is 1. The lowest BCUT2D eigenvalue weighted by Crippen LogP contribution is -2.37. The van der Waals surface area contributed by atoms with E-state index < -0.39 is 23.8 Å². The molecule has 2 rings (SSSR count). The summed E-state index contributed by atoms with van der Waals surface area (Å²) < 4.78 is 26.2. The molecule has 3 N–H and O–H groups in total. The first-order chi connectivity index (χ1) is 10.5. The number of thiazole rings is 1. The van der Waals surface area contributed by atoms with Crippen LogP contribution >= 0.6 is 11.3 Å². The van der Waals surface area contributed by atoms with Gasteiger partial charge in [-0.3, -0.25) is 0 Å². The molecule has 0 aliphatic heterocycles. The zero-order valence-electron chi connectivity index (χ0n) is 11.8. The summed E-state index contributed by atoms with van der Waals surface area (Å²) in [4.78, 5) is 15.8. The number of halogens is 2. The predicted molar refractivity (Wildman–Crippen MR) is 78.4 cm³/mol. The summed E-state index contributed by atoms with van der Waals surface area (Å²) in [7, 11) is 0. The number of aryl methyl sites for hydroxylation is 1. The minimum Gasteiger partial charge on any atom is -0.386 e. The Balaban J connectivity index is 1.80. The van der Waals surface area contributed by atoms with Crippen LogP contribution in [0.15, 0.2) is 23.6 Å². The van der Waals surface area contributed by atoms with Crippen LogP contribution in [0.4, 0.5) is 13.6 Å². The molecule has 1 aromatic heterocycles. The largest absolute Gasteiger partial charge is 0.386 e. The van der Waals surface area contributed by atoms with Crippen molar-refractivity contribution in [1.82, 2.24) is 15.6 Å². The lowest BCUT2D eigenvalue weighted by molar-refractivity contribution is 0.168. The highest BCUT2D eigenvalue weighted by molar-refractivity contribution is 7.09. The van der Waals surface area contributed by atoms with E-state index in [2.05, 4.69) is 15.6 Å². The van der Waals surface area contributed by atoms with Crippen LogP contribution in [0.5, 0.6) is 0 Å². The van der Waals surface area contributed by atoms with Gasteiger partial charge in [0.05, 0.1) is 23.4 Å². The van der Waals surface area contributed by atoms with Gasteiger partial charge in [-0.15, -0.1) is 11.3 Å². The lowest BCUT2D eigenvalue weighted by atomic mass is 10.1. The van der Waals surface area contributed by atoms with Crippen molar-refractivity contribution in [1.29, 1.82) is 0 Å². The third-order valence-corrected chi connectivity index (χ3v) is 3.70. The van der Waals surface area contributed by atoms with Gasteiger partial charge >= 0.3 is 6.03 Å². The van der Waals surface area contributed by atoms with E-state index in [-0.39, 0.29) is 18.7 Å². The molecule has 0 aliphatic carbocycles. The number of carbonyl (C=O) groups is 1. The third kappa shape index (κ3) is 4.47. The fourth-order valence-electron chi connectivity index (χ4n) is 1.79. The molecular formula is C14H15F2N3O2S. The zero-order chi connectivity index (χ0) is 16.1. The Bertz CT molecular complexity index is 663. The molecule has 0 fully saturated rings. The van der Waals surface area contributed by atoms with Gasteiger partial charge in [-0.1, -0.05) is 6.07 Å². The van der Waals surface area contributed by atoms with E-state index in [1.54, 1.807) is 0 Å². The van der Waals surface area contributed by atoms with E-state index >= 15 is 0 Å². The molecule has 1 heterocycles. The summed E-state index contributed by atoms with van der Waals surface area (Å²) in [5.74, 6) is -1.58. The van der Waals surface area contributed by atoms with E-state index in [1.165, 1.54) is 11.3 Å². The molecule has 1 unspecified atom stereocenters. The molecule has 0 spiro atoms. The maximum atomic E-state index is 13.5. The third-order valence-electron chi connectivity index (χ3n) is 2.87. The molecule has 0 aliphatic rings. The zero-order valence-corrected chi connectivity index (χ0v) is 12.6. The summed E-state index contributed by atoms with van der Waals surface area (Å²) in [6.45, 7) is 1.93. The molecule has 1 atom stereocenters. The number of carbonyl (C=O) groups excluding carboxylic acids is 1. The van der Waals surface area contributed by atoms with E-state index in [0.29, 0.717) is 6.07 Å². The molecule has 5 nitrogen and oxygen atoms in total. The first-order valence-corrected chi connectivity index (χ1v) is 7.39. The molecule has 0 radical (unpaired) electrons. The molecule has 118 valence electrons. The predicted octanol–water partition coefficient (Wildman–Crippen LogP) is 2.26. The van der Waals surface area contributed by atoms with Gasteiger partial charge in [-0.25, -0.2) is 18.6 Å². The van der Waals surface area contributed by atoms with Gasteiger partial charge in [0.15, 0.2) is 0 Å². The van der Waals surface area contributed by atoms with Crippen LogP contribution in [0.2, 0.25) is 0 Å². The molecule has 2 aromatic rings. The van der Waals surface area contributed by atoms with Crippen molar-refractivity contribution < 1.29 is 18.7 Å². The molecule has 0 saturated heterocycles. The van der Waals surface area contributed by atoms with Gasteiger partial charge in [-0.05, 0) is 13.0 Å². The summed E-state index contributed by atoms with van der Waals surface area (Å²) in [6.07, 6.45) is -1.26. The highest BCUT2D eigenvalue weighted by Gasteiger charge is 2.14. The molecular weight excluding hydrogens is 312 g/mol. The van der Waals surface area contributed by atoms with Crippen LogP contribution in [-0.2, 0) is 6.54 Å². The van der Waals surface area contributed by atoms with Crippen LogP contribution in [0.3, 0.4) is 0 Å². The number of nitrogens with one attached hydrogen (secondary N) is 2. The molecule has 1 aromatic carbocycles. The van der Waals surface area contributed by atoms with Crippen LogP contribution in [0.25, 0.3) is 0 Å². The van der Waals surface area contributed by atoms with Gasteiger partial charge < -0.3 is 15.7 Å². The number of hydrogen-bond donors (Lipinski definition) is 3. The molecule has 0 bridgehead atoms. The van der Waals surface area contributed by atoms with Crippen molar-refractivity contribution in [2.75, 3.05) is 6.54 Å². The van der Waals surface area contributed by atoms with E-state index in [9.17, 15) is 18.7 Å². The maximum absolute atomic E-state index is 13.5. The Morgan fingerprint density at radius 2 is 2.18 bits per heavy atom. The van der Waals surface area contributed by atoms with Crippen molar-refractivity contribution in [3.63, 3.8) is 0 Å². The molecule has 0 saturated carbocycles. The Morgan fingerprint density at radius 1 is 1.41 bits per heavy atom. The summed E-state index contributed by atoms with van der Waals surface area (Å²) in [5, 5.41) is 17.5. The number of rotatable bonds is 5. The van der Waals surface area contributed by atoms with Crippen LogP contribution < -0.4 is 10.6 Å². The fraction of sp³-hybridized carbons (Fsp3) is 0.286. The van der Waals surface area contributed by atoms with E-state index in [4.69, 9.17) is 0 Å². The standard InChI is InChI=1S/C14H15F2N3O2S/c1-8-19-10(7-22-8)5-17-14(21)18-6-13(20)11-3-2-9(15)4-12(11)16/h2-4,7,13,20H,5-6H2,1H3,(H2,17,18,21). The second-order valence-electron chi connectivity index (χ2n) is 4.60. The van der Waals surface area contributed by atoms with Crippen LogP contribution in [0, 0.1) is 18.6 Å².